The van der Waals surface area contributed by atoms with Crippen molar-refractivity contribution in [2.75, 3.05) is 6.54 Å². The Morgan fingerprint density at radius 3 is 2.76 bits per heavy atom. The summed E-state index contributed by atoms with van der Waals surface area (Å²) in [5.41, 5.74) is 3.44. The maximum Gasteiger partial charge on any atom is 0.0705 e. The van der Waals surface area contributed by atoms with Crippen LogP contribution < -0.4 is 5.32 Å². The van der Waals surface area contributed by atoms with E-state index in [-0.39, 0.29) is 6.04 Å². The topological polar surface area (TPSA) is 37.8 Å². The fourth-order valence-corrected chi connectivity index (χ4v) is 2.53. The summed E-state index contributed by atoms with van der Waals surface area (Å²) in [6, 6.07) is 14.8. The van der Waals surface area contributed by atoms with Gasteiger partial charge in [-0.15, -0.1) is 0 Å². The monoisotopic (exact) mass is 277 g/mol. The number of aromatic nitrogens is 2. The lowest BCUT2D eigenvalue weighted by Crippen LogP contribution is -2.23. The standard InChI is InChI=1S/C18H19N3/c1-2-9-21-18(16-6-3-10-19-13-16)15-8-7-14-5-4-11-20-17(14)12-15/h3-8,10-13,18,21H,2,9H2,1H3. The van der Waals surface area contributed by atoms with Gasteiger partial charge in [0.15, 0.2) is 0 Å². The molecule has 2 aromatic heterocycles. The van der Waals surface area contributed by atoms with E-state index in [1.54, 1.807) is 0 Å². The Labute approximate surface area is 125 Å². The van der Waals surface area contributed by atoms with Crippen LogP contribution >= 0.6 is 0 Å². The van der Waals surface area contributed by atoms with Crippen molar-refractivity contribution in [2.24, 2.45) is 0 Å². The number of nitrogens with one attached hydrogen (secondary N) is 1. The van der Waals surface area contributed by atoms with E-state index in [1.165, 1.54) is 16.5 Å². The van der Waals surface area contributed by atoms with Crippen molar-refractivity contribution in [1.29, 1.82) is 0 Å². The van der Waals surface area contributed by atoms with E-state index in [4.69, 9.17) is 0 Å². The average molecular weight is 277 g/mol. The van der Waals surface area contributed by atoms with Crippen molar-refractivity contribution in [1.82, 2.24) is 15.3 Å². The molecule has 106 valence electrons. The predicted molar refractivity (Wildman–Crippen MR) is 86.1 cm³/mol. The van der Waals surface area contributed by atoms with E-state index in [2.05, 4.69) is 52.5 Å². The van der Waals surface area contributed by atoms with Crippen LogP contribution in [0.4, 0.5) is 0 Å². The highest BCUT2D eigenvalue weighted by Gasteiger charge is 2.13. The molecule has 3 rings (SSSR count). The third kappa shape index (κ3) is 3.09. The Balaban J connectivity index is 2.01. The fourth-order valence-electron chi connectivity index (χ4n) is 2.53. The molecule has 3 nitrogen and oxygen atoms in total. The number of benzene rings is 1. The summed E-state index contributed by atoms with van der Waals surface area (Å²) >= 11 is 0. The Kier molecular flexibility index (Phi) is 4.22. The predicted octanol–water partition coefficient (Wildman–Crippen LogP) is 3.72. The summed E-state index contributed by atoms with van der Waals surface area (Å²) in [4.78, 5) is 8.70. The molecular weight excluding hydrogens is 258 g/mol. The van der Waals surface area contributed by atoms with Crippen LogP contribution in [0.2, 0.25) is 0 Å². The van der Waals surface area contributed by atoms with Crippen molar-refractivity contribution < 1.29 is 0 Å². The molecule has 0 fully saturated rings. The number of fused-ring (bicyclic) bond motifs is 1. The first kappa shape index (κ1) is 13.7. The number of pyridine rings is 2. The maximum atomic E-state index is 4.45. The van der Waals surface area contributed by atoms with Gasteiger partial charge in [0, 0.05) is 24.0 Å². The second-order valence-corrected chi connectivity index (χ2v) is 5.13. The van der Waals surface area contributed by atoms with Gasteiger partial charge in [-0.05, 0) is 42.3 Å². The smallest absolute Gasteiger partial charge is 0.0705 e. The molecule has 0 aliphatic rings. The molecular formula is C18H19N3. The van der Waals surface area contributed by atoms with Crippen LogP contribution in [-0.4, -0.2) is 16.5 Å². The highest BCUT2D eigenvalue weighted by molar-refractivity contribution is 5.79. The quantitative estimate of drug-likeness (QED) is 0.772. The van der Waals surface area contributed by atoms with E-state index in [1.807, 2.05) is 30.7 Å². The molecule has 0 spiro atoms. The van der Waals surface area contributed by atoms with Crippen LogP contribution in [-0.2, 0) is 0 Å². The van der Waals surface area contributed by atoms with Gasteiger partial charge in [0.2, 0.25) is 0 Å². The largest absolute Gasteiger partial charge is 0.306 e. The third-order valence-corrected chi connectivity index (χ3v) is 3.58. The zero-order valence-corrected chi connectivity index (χ0v) is 12.2. The molecule has 0 saturated heterocycles. The Morgan fingerprint density at radius 1 is 1.05 bits per heavy atom. The second-order valence-electron chi connectivity index (χ2n) is 5.13. The van der Waals surface area contributed by atoms with Crippen LogP contribution in [0.15, 0.2) is 61.1 Å². The fraction of sp³-hybridized carbons (Fsp3) is 0.222. The van der Waals surface area contributed by atoms with Crippen molar-refractivity contribution in [3.05, 3.63) is 72.2 Å². The molecule has 3 heteroatoms. The van der Waals surface area contributed by atoms with Crippen molar-refractivity contribution >= 4 is 10.9 Å². The Hall–Kier alpha value is -2.26. The van der Waals surface area contributed by atoms with Gasteiger partial charge in [0.25, 0.3) is 0 Å². The van der Waals surface area contributed by atoms with Gasteiger partial charge in [0.05, 0.1) is 11.6 Å². The molecule has 0 amide bonds. The Morgan fingerprint density at radius 2 is 1.95 bits per heavy atom. The number of nitrogens with zero attached hydrogens (tertiary/aromatic N) is 2. The lowest BCUT2D eigenvalue weighted by atomic mass is 9.98. The summed E-state index contributed by atoms with van der Waals surface area (Å²) in [6.45, 7) is 3.15. The zero-order chi connectivity index (χ0) is 14.5. The van der Waals surface area contributed by atoms with Crippen molar-refractivity contribution in [3.8, 4) is 0 Å². The third-order valence-electron chi connectivity index (χ3n) is 3.58. The van der Waals surface area contributed by atoms with Gasteiger partial charge in [-0.3, -0.25) is 9.97 Å². The minimum atomic E-state index is 0.157. The van der Waals surface area contributed by atoms with Crippen LogP contribution in [0.3, 0.4) is 0 Å². The van der Waals surface area contributed by atoms with Crippen LogP contribution in [0.5, 0.6) is 0 Å². The normalized spacial score (nSPS) is 12.4. The molecule has 21 heavy (non-hydrogen) atoms. The zero-order valence-electron chi connectivity index (χ0n) is 12.2. The highest BCUT2D eigenvalue weighted by atomic mass is 14.9. The summed E-state index contributed by atoms with van der Waals surface area (Å²) in [5.74, 6) is 0. The first-order valence-electron chi connectivity index (χ1n) is 7.36. The van der Waals surface area contributed by atoms with E-state index < -0.39 is 0 Å². The second kappa shape index (κ2) is 6.46. The maximum absolute atomic E-state index is 4.45. The molecule has 1 atom stereocenters. The van der Waals surface area contributed by atoms with E-state index in [0.29, 0.717) is 0 Å². The molecule has 0 radical (unpaired) electrons. The number of rotatable bonds is 5. The number of hydrogen-bond donors (Lipinski definition) is 1. The van der Waals surface area contributed by atoms with Crippen LogP contribution in [0, 0.1) is 0 Å². The van der Waals surface area contributed by atoms with Gasteiger partial charge < -0.3 is 5.32 Å². The van der Waals surface area contributed by atoms with Crippen molar-refractivity contribution in [3.63, 3.8) is 0 Å². The van der Waals surface area contributed by atoms with E-state index in [9.17, 15) is 0 Å². The first-order chi connectivity index (χ1) is 10.4. The molecule has 1 N–H and O–H groups in total. The van der Waals surface area contributed by atoms with Crippen LogP contribution in [0.1, 0.15) is 30.5 Å². The van der Waals surface area contributed by atoms with Gasteiger partial charge in [0.1, 0.15) is 0 Å². The average Bonchev–Trinajstić information content (AvgIpc) is 2.56. The van der Waals surface area contributed by atoms with Gasteiger partial charge in [-0.25, -0.2) is 0 Å². The van der Waals surface area contributed by atoms with Crippen LogP contribution in [0.25, 0.3) is 10.9 Å². The number of hydrogen-bond acceptors (Lipinski definition) is 3. The summed E-state index contributed by atoms with van der Waals surface area (Å²) in [5, 5.41) is 4.77. The van der Waals surface area contributed by atoms with E-state index in [0.717, 1.165) is 18.5 Å². The molecule has 0 aliphatic carbocycles. The summed E-state index contributed by atoms with van der Waals surface area (Å²) < 4.78 is 0. The SMILES string of the molecule is CCCNC(c1cccnc1)c1ccc2cccnc2c1. The molecule has 0 saturated carbocycles. The van der Waals surface area contributed by atoms with Gasteiger partial charge in [-0.2, -0.15) is 0 Å². The highest BCUT2D eigenvalue weighted by Crippen LogP contribution is 2.24. The summed E-state index contributed by atoms with van der Waals surface area (Å²) in [7, 11) is 0. The molecule has 3 aromatic rings. The lowest BCUT2D eigenvalue weighted by Gasteiger charge is -2.19. The molecule has 0 bridgehead atoms. The Bertz CT molecular complexity index is 710. The van der Waals surface area contributed by atoms with Crippen molar-refractivity contribution in [2.45, 2.75) is 19.4 Å². The van der Waals surface area contributed by atoms with Gasteiger partial charge >= 0.3 is 0 Å². The molecule has 1 unspecified atom stereocenters. The first-order valence-corrected chi connectivity index (χ1v) is 7.36. The molecule has 2 heterocycles. The minimum Gasteiger partial charge on any atom is -0.306 e. The molecule has 1 aromatic carbocycles. The van der Waals surface area contributed by atoms with E-state index >= 15 is 0 Å². The summed E-state index contributed by atoms with van der Waals surface area (Å²) in [6.07, 6.45) is 6.67. The molecule has 0 aliphatic heterocycles. The minimum absolute atomic E-state index is 0.157. The lowest BCUT2D eigenvalue weighted by molar-refractivity contribution is 0.597. The van der Waals surface area contributed by atoms with Gasteiger partial charge in [-0.1, -0.05) is 31.2 Å².